The molecule has 0 spiro atoms. The number of amides is 7. The van der Waals surface area contributed by atoms with Gasteiger partial charge in [-0.25, -0.2) is 20.6 Å². The fourth-order valence-electron chi connectivity index (χ4n) is 16.6. The van der Waals surface area contributed by atoms with Crippen molar-refractivity contribution in [1.29, 1.82) is 5.41 Å². The highest BCUT2D eigenvalue weighted by Gasteiger charge is 2.48. The van der Waals surface area contributed by atoms with Crippen LogP contribution in [0.5, 0.6) is 0 Å². The summed E-state index contributed by atoms with van der Waals surface area (Å²) < 4.78 is 93.4. The van der Waals surface area contributed by atoms with Crippen molar-refractivity contribution in [3.05, 3.63) is 119 Å². The molecule has 0 bridgehead atoms. The maximum atomic E-state index is 14.4. The Labute approximate surface area is 736 Å². The van der Waals surface area contributed by atoms with Crippen LogP contribution in [0, 0.1) is 5.41 Å². The highest BCUT2D eigenvalue weighted by molar-refractivity contribution is 7.95. The van der Waals surface area contributed by atoms with E-state index in [1.165, 1.54) is 39.1 Å². The van der Waals surface area contributed by atoms with E-state index in [0.717, 1.165) is 36.2 Å². The molecule has 3 saturated heterocycles. The van der Waals surface area contributed by atoms with E-state index in [2.05, 4.69) is 55.4 Å². The number of nitrogens with zero attached hydrogens (tertiary/aromatic N) is 6. The van der Waals surface area contributed by atoms with Gasteiger partial charge in [-0.3, -0.25) is 58.1 Å². The fraction of sp³-hybridized carbons (Fsp3) is 0.474. The standard InChI is InChI=1S/C78H100N14O27S6/c1-77(2)64(88(36-12-38-120-116-112-102)57-26-23-50-52(68(57)77)40-48(124(106,107)108)42-62(50)122-118-114-104)28-21-46(22-29-65-78(3,4)69-53-41-49(125(109,110)111)43-63(123-119-115-105)51(53)24-27-58(69)89(65)37-13-39-121-117-113-103)54-25-20-47(45-85-54)70(95)82-30-6-5-14-56(75(100)101)86-66(93)19-8-31-83-71(96)59-16-10-34-91(59)74(99)61-18-11-35-92(61)73(98)55(15-7-32-84-76(80)81)87-72(97)60-17-9-33-90(60)67(94)44-79/h20-29,40-43,45,55-56,59-61H,5-19,30-39,44,79H2,1-4H3,(H14-,80,81,82,83,84,86,87,93,95,96,97,100,101,102,103,104,105,106,107,108,109,110,111)/t55-,56-,59-,60?,61-/m0/s1. The molecule has 5 aliphatic heterocycles. The van der Waals surface area contributed by atoms with Gasteiger partial charge in [-0.2, -0.15) is 25.7 Å². The highest BCUT2D eigenvalue weighted by atomic mass is 32.2. The summed E-state index contributed by atoms with van der Waals surface area (Å²) in [4.78, 5) is 119. The molecule has 4 aromatic carbocycles. The zero-order valence-electron chi connectivity index (χ0n) is 68.5. The van der Waals surface area contributed by atoms with Crippen molar-refractivity contribution >= 4 is 166 Å². The second-order valence-electron chi connectivity index (χ2n) is 30.8. The third-order valence-electron chi connectivity index (χ3n) is 22.3. The Hall–Kier alpha value is -9.03. The average Bonchev–Trinajstić information content (AvgIpc) is 1.58. The molecule has 41 nitrogen and oxygen atoms in total. The predicted octanol–water partition coefficient (Wildman–Crippen LogP) is 6.20. The minimum Gasteiger partial charge on any atom is -0.691 e. The minimum atomic E-state index is -4.86. The molecule has 0 saturated carbocycles. The van der Waals surface area contributed by atoms with Gasteiger partial charge < -0.3 is 68.0 Å². The molecule has 0 radical (unpaired) electrons. The summed E-state index contributed by atoms with van der Waals surface area (Å²) in [5.41, 5.74) is 13.6. The van der Waals surface area contributed by atoms with Crippen molar-refractivity contribution in [2.45, 2.75) is 185 Å². The number of aliphatic carboxylic acids is 1. The third kappa shape index (κ3) is 24.5. The van der Waals surface area contributed by atoms with E-state index in [4.69, 9.17) is 46.3 Å². The van der Waals surface area contributed by atoms with Crippen molar-refractivity contribution in [2.75, 3.05) is 75.3 Å². The number of guanidine groups is 1. The van der Waals surface area contributed by atoms with E-state index in [-0.39, 0.29) is 118 Å². The number of rotatable bonds is 46. The molecule has 1 aromatic heterocycles. The first-order chi connectivity index (χ1) is 59.7. The quantitative estimate of drug-likeness (QED) is 0.00237. The van der Waals surface area contributed by atoms with Crippen LogP contribution in [0.4, 0.5) is 11.4 Å². The first-order valence-electron chi connectivity index (χ1n) is 39.9. The molecule has 3 fully saturated rings. The van der Waals surface area contributed by atoms with E-state index >= 15 is 0 Å². The Morgan fingerprint density at radius 3 is 1.90 bits per heavy atom. The Bertz CT molecular complexity index is 5180. The number of likely N-dealkylation sites (tertiary alicyclic amines) is 3. The lowest BCUT2D eigenvalue weighted by Crippen LogP contribution is -2.58. The number of nitrogens with two attached hydrogens (primary N) is 2. The Kier molecular flexibility index (Phi) is 35.4. The second-order valence-corrected chi connectivity index (χ2v) is 36.7. The molecule has 6 heterocycles. The number of fused-ring (bicyclic) bond motifs is 6. The molecule has 5 aliphatic rings. The van der Waals surface area contributed by atoms with E-state index in [0.29, 0.717) is 161 Å². The molecule has 10 rings (SSSR count). The van der Waals surface area contributed by atoms with Gasteiger partial charge in [-0.15, -0.1) is 13.0 Å². The fourth-order valence-corrected chi connectivity index (χ4v) is 19.6. The number of allylic oxidation sites excluding steroid dienone is 6. The van der Waals surface area contributed by atoms with E-state index in [9.17, 15) is 74.7 Å². The number of benzene rings is 4. The molecule has 680 valence electrons. The monoisotopic (exact) mass is 1860 g/mol. The number of carboxylic acids is 1. The number of hydrogen-bond acceptors (Lipinski definition) is 32. The molecule has 5 aromatic rings. The second kappa shape index (κ2) is 45.1. The van der Waals surface area contributed by atoms with E-state index < -0.39 is 118 Å². The molecular weight excluding hydrogens is 1760 g/mol. The summed E-state index contributed by atoms with van der Waals surface area (Å²) in [6.07, 6.45) is 12.7. The lowest BCUT2D eigenvalue weighted by molar-refractivity contribution is -0.777. The number of hydrogen-bond donors (Lipinski definition) is 14. The van der Waals surface area contributed by atoms with Crippen molar-refractivity contribution < 1.29 is 132 Å². The molecule has 125 heavy (non-hydrogen) atoms. The number of aromatic nitrogens is 1. The van der Waals surface area contributed by atoms with Crippen LogP contribution in [-0.2, 0) is 102 Å². The molecule has 16 N–H and O–H groups in total. The zero-order valence-corrected chi connectivity index (χ0v) is 73.4. The Morgan fingerprint density at radius 2 is 1.27 bits per heavy atom. The number of unbranched alkanes of at least 4 members (excludes halogenated alkanes) is 1. The maximum Gasteiger partial charge on any atom is 0.326 e. The van der Waals surface area contributed by atoms with Crippen molar-refractivity contribution in [3.8, 4) is 0 Å². The molecule has 1 unspecified atom stereocenters. The Balaban J connectivity index is 0.831. The number of pyridine rings is 1. The SMILES string of the molecule is CC1(C)C(/C=C/C(=C/C=C2/N(CCCSOOO)c3ccc4c(SOOO)cc(S(=O)(=O)O)cc4c3C2(C)C)c2ccc(C(=O)NCCCC[C@H](NC(=O)CCCNC(=O)[C@@H]3CCCN3C(=O)[C@@H]3CCCN3C(=O)[C@H](CCCNC(=N)N)NC(=O)C3CCCN3C(=O)CN)C(=O)O)cn2)=[N+](CCCSOO[O-])c2ccc3c(SOOO)cc(S(=O)(=O)O)cc3c21. The van der Waals surface area contributed by atoms with Gasteiger partial charge in [-0.1, -0.05) is 41.1 Å². The van der Waals surface area contributed by atoms with Gasteiger partial charge in [0.1, 0.15) is 36.8 Å². The maximum absolute atomic E-state index is 14.4. The highest BCUT2D eigenvalue weighted by Crippen LogP contribution is 2.53. The first kappa shape index (κ1) is 98.2. The molecule has 7 amide bonds. The van der Waals surface area contributed by atoms with Crippen LogP contribution in [0.2, 0.25) is 0 Å². The van der Waals surface area contributed by atoms with Crippen LogP contribution < -0.4 is 48.2 Å². The normalized spacial score (nSPS) is 18.3. The number of carbonyl (C=O) groups excluding carboxylic acids is 7. The van der Waals surface area contributed by atoms with Crippen LogP contribution in [0.3, 0.4) is 0 Å². The van der Waals surface area contributed by atoms with E-state index in [1.54, 1.807) is 36.4 Å². The average molecular weight is 1860 g/mol. The molecular formula is C78H100N14O27S6. The van der Waals surface area contributed by atoms with Gasteiger partial charge >= 0.3 is 5.97 Å². The molecule has 47 heteroatoms. The van der Waals surface area contributed by atoms with Crippen LogP contribution in [0.1, 0.15) is 151 Å². The number of anilines is 1. The first-order valence-corrected chi connectivity index (χ1v) is 46.1. The molecule has 0 aliphatic carbocycles. The summed E-state index contributed by atoms with van der Waals surface area (Å²) in [5.74, 6) is -4.51. The Morgan fingerprint density at radius 1 is 0.672 bits per heavy atom. The van der Waals surface area contributed by atoms with Gasteiger partial charge in [0.05, 0.1) is 57.1 Å². The van der Waals surface area contributed by atoms with Crippen molar-refractivity contribution in [2.24, 2.45) is 11.5 Å². The van der Waals surface area contributed by atoms with Crippen LogP contribution in [0.25, 0.3) is 27.1 Å². The summed E-state index contributed by atoms with van der Waals surface area (Å²) in [6, 6.07) is 10.1. The van der Waals surface area contributed by atoms with E-state index in [1.807, 2.05) is 55.4 Å². The van der Waals surface area contributed by atoms with Crippen LogP contribution in [0.15, 0.2) is 116 Å². The summed E-state index contributed by atoms with van der Waals surface area (Å²) in [5, 5.41) is 86.3. The van der Waals surface area contributed by atoms with Gasteiger partial charge in [-0.05, 0) is 185 Å². The summed E-state index contributed by atoms with van der Waals surface area (Å²) in [7, 11) is -9.73. The largest absolute Gasteiger partial charge is 0.691 e. The number of carbonyl (C=O) groups is 8. The number of carboxylic acid groups (broad SMARTS) is 1. The zero-order chi connectivity index (χ0) is 90.5. The van der Waals surface area contributed by atoms with Crippen molar-refractivity contribution in [3.63, 3.8) is 0 Å². The number of nitrogens with one attached hydrogen (secondary N) is 6. The summed E-state index contributed by atoms with van der Waals surface area (Å²) in [6.45, 7) is 8.91. The van der Waals surface area contributed by atoms with Crippen molar-refractivity contribution in [1.82, 2.24) is 46.3 Å². The van der Waals surface area contributed by atoms with Crippen LogP contribution >= 0.6 is 48.2 Å². The lowest BCUT2D eigenvalue weighted by atomic mass is 9.79. The van der Waals surface area contributed by atoms with Crippen LogP contribution in [-0.4, -0.2) is 231 Å². The third-order valence-corrected chi connectivity index (χ3v) is 26.4. The van der Waals surface area contributed by atoms with Gasteiger partial charge in [0.25, 0.3) is 26.1 Å². The van der Waals surface area contributed by atoms with Gasteiger partial charge in [0.2, 0.25) is 41.1 Å². The predicted molar refractivity (Wildman–Crippen MR) is 455 cm³/mol. The topological polar surface area (TPSA) is 588 Å². The molecule has 5 atom stereocenters. The van der Waals surface area contributed by atoms with Gasteiger partial charge in [0, 0.05) is 150 Å². The smallest absolute Gasteiger partial charge is 0.326 e. The van der Waals surface area contributed by atoms with Gasteiger partial charge in [0.15, 0.2) is 11.7 Å². The minimum absolute atomic E-state index is 0.00342. The lowest BCUT2D eigenvalue weighted by Gasteiger charge is -2.33. The summed E-state index contributed by atoms with van der Waals surface area (Å²) >= 11 is 2.58.